The lowest BCUT2D eigenvalue weighted by molar-refractivity contribution is 1.38. The van der Waals surface area contributed by atoms with Gasteiger partial charge in [-0.2, -0.15) is 10.5 Å². The van der Waals surface area contributed by atoms with Gasteiger partial charge in [0.15, 0.2) is 5.69 Å². The van der Waals surface area contributed by atoms with Crippen LogP contribution in [0.4, 0.5) is 5.69 Å². The Balaban J connectivity index is 3.53. The second kappa shape index (κ2) is 3.39. The molecule has 13 heavy (non-hydrogen) atoms. The fraction of sp³-hybridized carbons (Fsp3) is 0.100. The van der Waals surface area contributed by atoms with Crippen molar-refractivity contribution in [1.29, 1.82) is 10.5 Å². The van der Waals surface area contributed by atoms with E-state index in [1.165, 1.54) is 12.1 Å². The summed E-state index contributed by atoms with van der Waals surface area (Å²) in [5.74, 6) is 0. The van der Waals surface area contributed by atoms with E-state index in [2.05, 4.69) is 4.85 Å². The molecule has 0 fully saturated rings. The van der Waals surface area contributed by atoms with Crippen LogP contribution >= 0.6 is 0 Å². The maximum Gasteiger partial charge on any atom is 0.192 e. The summed E-state index contributed by atoms with van der Waals surface area (Å²) >= 11 is 0. The summed E-state index contributed by atoms with van der Waals surface area (Å²) < 4.78 is 0. The number of hydrogen-bond donors (Lipinski definition) is 0. The number of hydrogen-bond acceptors (Lipinski definition) is 2. The molecule has 0 atom stereocenters. The van der Waals surface area contributed by atoms with E-state index in [4.69, 9.17) is 17.1 Å². The molecule has 1 aromatic carbocycles. The smallest absolute Gasteiger partial charge is 0.192 e. The number of nitriles is 2. The fourth-order valence-electron chi connectivity index (χ4n) is 0.996. The molecule has 3 nitrogen and oxygen atoms in total. The van der Waals surface area contributed by atoms with E-state index in [0.717, 1.165) is 0 Å². The quantitative estimate of drug-likeness (QED) is 0.556. The summed E-state index contributed by atoms with van der Waals surface area (Å²) in [6.07, 6.45) is 0. The lowest BCUT2D eigenvalue weighted by atomic mass is 10.0. The maximum absolute atomic E-state index is 8.70. The van der Waals surface area contributed by atoms with Crippen molar-refractivity contribution < 1.29 is 0 Å². The van der Waals surface area contributed by atoms with E-state index < -0.39 is 0 Å². The van der Waals surface area contributed by atoms with Crippen molar-refractivity contribution in [3.8, 4) is 12.1 Å². The van der Waals surface area contributed by atoms with Crippen molar-refractivity contribution >= 4 is 5.69 Å². The summed E-state index contributed by atoms with van der Waals surface area (Å²) in [5.41, 5.74) is 1.75. The predicted octanol–water partition coefficient (Wildman–Crippen LogP) is 2.29. The molecular formula is C10H5N3. The van der Waals surface area contributed by atoms with Gasteiger partial charge in [-0.05, 0) is 24.6 Å². The summed E-state index contributed by atoms with van der Waals surface area (Å²) in [4.78, 5) is 3.24. The standard InChI is InChI=1S/C10H5N3/c1-7-9(6-12)3-8(5-11)4-10(7)13-2/h3-4H,1H3. The topological polar surface area (TPSA) is 51.9 Å². The minimum Gasteiger partial charge on any atom is -0.238 e. The van der Waals surface area contributed by atoms with Gasteiger partial charge in [0.1, 0.15) is 0 Å². The van der Waals surface area contributed by atoms with Crippen LogP contribution in [0, 0.1) is 36.2 Å². The average Bonchev–Trinajstić information content (AvgIpc) is 2.18. The minimum absolute atomic E-state index is 0.355. The van der Waals surface area contributed by atoms with E-state index in [0.29, 0.717) is 22.4 Å². The van der Waals surface area contributed by atoms with Crippen LogP contribution in [0.25, 0.3) is 4.85 Å². The first kappa shape index (κ1) is 8.78. The van der Waals surface area contributed by atoms with Gasteiger partial charge in [-0.1, -0.05) is 0 Å². The molecule has 0 aliphatic heterocycles. The lowest BCUT2D eigenvalue weighted by Crippen LogP contribution is -1.84. The van der Waals surface area contributed by atoms with Gasteiger partial charge in [0.2, 0.25) is 0 Å². The molecule has 0 saturated heterocycles. The van der Waals surface area contributed by atoms with Crippen molar-refractivity contribution in [3.63, 3.8) is 0 Å². The van der Waals surface area contributed by atoms with Crippen molar-refractivity contribution in [3.05, 3.63) is 40.2 Å². The maximum atomic E-state index is 8.70. The van der Waals surface area contributed by atoms with E-state index in [1.54, 1.807) is 6.92 Å². The second-order valence-corrected chi connectivity index (χ2v) is 2.50. The van der Waals surface area contributed by atoms with Gasteiger partial charge in [0.05, 0.1) is 18.7 Å². The van der Waals surface area contributed by atoms with Crippen LogP contribution in [0.2, 0.25) is 0 Å². The number of rotatable bonds is 0. The van der Waals surface area contributed by atoms with Crippen LogP contribution < -0.4 is 0 Å². The van der Waals surface area contributed by atoms with Gasteiger partial charge in [-0.15, -0.1) is 0 Å². The molecule has 0 spiro atoms. The molecule has 0 radical (unpaired) electrons. The van der Waals surface area contributed by atoms with E-state index in [9.17, 15) is 0 Å². The highest BCUT2D eigenvalue weighted by molar-refractivity contribution is 5.62. The van der Waals surface area contributed by atoms with Crippen LogP contribution in [0.1, 0.15) is 16.7 Å². The minimum atomic E-state index is 0.355. The van der Waals surface area contributed by atoms with Crippen LogP contribution in [-0.2, 0) is 0 Å². The molecule has 0 aliphatic carbocycles. The van der Waals surface area contributed by atoms with Gasteiger partial charge in [-0.3, -0.25) is 0 Å². The molecule has 60 valence electrons. The highest BCUT2D eigenvalue weighted by atomic mass is 14.6. The molecule has 0 aromatic heterocycles. The Morgan fingerprint density at radius 1 is 1.31 bits per heavy atom. The molecule has 0 aliphatic rings. The van der Waals surface area contributed by atoms with Gasteiger partial charge >= 0.3 is 0 Å². The number of nitrogens with zero attached hydrogens (tertiary/aromatic N) is 3. The highest BCUT2D eigenvalue weighted by Gasteiger charge is 2.05. The van der Waals surface area contributed by atoms with Crippen molar-refractivity contribution in [2.45, 2.75) is 6.92 Å². The van der Waals surface area contributed by atoms with Gasteiger partial charge in [-0.25, -0.2) is 4.85 Å². The van der Waals surface area contributed by atoms with Crippen LogP contribution in [-0.4, -0.2) is 0 Å². The second-order valence-electron chi connectivity index (χ2n) is 2.50. The Hall–Kier alpha value is -2.31. The summed E-state index contributed by atoms with van der Waals surface area (Å²) in [6, 6.07) is 6.84. The zero-order valence-corrected chi connectivity index (χ0v) is 7.00. The molecule has 1 aromatic rings. The van der Waals surface area contributed by atoms with E-state index in [1.807, 2.05) is 12.1 Å². The highest BCUT2D eigenvalue weighted by Crippen LogP contribution is 2.23. The third-order valence-corrected chi connectivity index (χ3v) is 1.75. The molecule has 0 unspecified atom stereocenters. The Kier molecular flexibility index (Phi) is 2.29. The SMILES string of the molecule is [C-]#[N+]c1cc(C#N)cc(C#N)c1C. The first-order chi connectivity index (χ1) is 6.22. The lowest BCUT2D eigenvalue weighted by Gasteiger charge is -1.99. The summed E-state index contributed by atoms with van der Waals surface area (Å²) in [5, 5.41) is 17.3. The summed E-state index contributed by atoms with van der Waals surface area (Å²) in [6.45, 7) is 8.54. The molecule has 0 N–H and O–H groups in total. The van der Waals surface area contributed by atoms with Gasteiger partial charge in [0.25, 0.3) is 0 Å². The molecule has 3 heteroatoms. The van der Waals surface area contributed by atoms with Crippen LogP contribution in [0.15, 0.2) is 12.1 Å². The Morgan fingerprint density at radius 2 is 2.00 bits per heavy atom. The van der Waals surface area contributed by atoms with E-state index >= 15 is 0 Å². The largest absolute Gasteiger partial charge is 0.238 e. The molecule has 0 amide bonds. The first-order valence-corrected chi connectivity index (χ1v) is 3.55. The van der Waals surface area contributed by atoms with Crippen molar-refractivity contribution in [1.82, 2.24) is 0 Å². The Labute approximate surface area is 76.3 Å². The third-order valence-electron chi connectivity index (χ3n) is 1.75. The first-order valence-electron chi connectivity index (χ1n) is 3.55. The Morgan fingerprint density at radius 3 is 2.46 bits per heavy atom. The Bertz CT molecular complexity index is 431. The molecular weight excluding hydrogens is 162 g/mol. The van der Waals surface area contributed by atoms with E-state index in [-0.39, 0.29) is 0 Å². The monoisotopic (exact) mass is 167 g/mol. The predicted molar refractivity (Wildman–Crippen MR) is 46.9 cm³/mol. The zero-order valence-electron chi connectivity index (χ0n) is 7.00. The molecule has 0 bridgehead atoms. The van der Waals surface area contributed by atoms with Crippen LogP contribution in [0.5, 0.6) is 0 Å². The average molecular weight is 167 g/mol. The molecule has 1 rings (SSSR count). The molecule has 0 heterocycles. The van der Waals surface area contributed by atoms with Crippen molar-refractivity contribution in [2.75, 3.05) is 0 Å². The van der Waals surface area contributed by atoms with Crippen LogP contribution in [0.3, 0.4) is 0 Å². The number of benzene rings is 1. The van der Waals surface area contributed by atoms with Crippen molar-refractivity contribution in [2.24, 2.45) is 0 Å². The van der Waals surface area contributed by atoms with Gasteiger partial charge < -0.3 is 0 Å². The normalized spacial score (nSPS) is 8.15. The molecule has 0 saturated carbocycles. The fourth-order valence-corrected chi connectivity index (χ4v) is 0.996. The zero-order chi connectivity index (χ0) is 9.84. The summed E-state index contributed by atoms with van der Waals surface area (Å²) in [7, 11) is 0. The third kappa shape index (κ3) is 1.48. The van der Waals surface area contributed by atoms with Gasteiger partial charge in [0, 0.05) is 11.1 Å².